The predicted molar refractivity (Wildman–Crippen MR) is 58.3 cm³/mol. The molecule has 1 heteroatoms. The first-order valence-corrected chi connectivity index (χ1v) is 4.19. The highest BCUT2D eigenvalue weighted by Crippen LogP contribution is 2.11. The summed E-state index contributed by atoms with van der Waals surface area (Å²) in [6.07, 6.45) is 3.65. The molecule has 12 heavy (non-hydrogen) atoms. The first-order valence-electron chi connectivity index (χ1n) is 3.72. The first-order chi connectivity index (χ1) is 5.88. The monoisotopic (exact) mass is 174 g/mol. The van der Waals surface area contributed by atoms with E-state index in [2.05, 4.69) is 6.58 Å². The molecule has 0 aromatic heterocycles. The van der Waals surface area contributed by atoms with Crippen LogP contribution < -0.4 is 0 Å². The van der Waals surface area contributed by atoms with Gasteiger partial charge in [-0.3, -0.25) is 0 Å². The van der Waals surface area contributed by atoms with Crippen LogP contribution in [0.1, 0.15) is 5.56 Å². The SMILES string of the molecule is C=C/C=C(\C=S)c1ccccc1. The molecule has 0 atom stereocenters. The number of rotatable bonds is 3. The molecule has 0 saturated heterocycles. The molecule has 60 valence electrons. The van der Waals surface area contributed by atoms with Crippen molar-refractivity contribution in [3.05, 3.63) is 54.6 Å². The molecule has 0 aliphatic heterocycles. The van der Waals surface area contributed by atoms with Gasteiger partial charge in [0, 0.05) is 5.37 Å². The van der Waals surface area contributed by atoms with Crippen LogP contribution >= 0.6 is 12.2 Å². The highest BCUT2D eigenvalue weighted by Gasteiger charge is 1.93. The topological polar surface area (TPSA) is 0 Å². The van der Waals surface area contributed by atoms with Crippen LogP contribution in [0.3, 0.4) is 0 Å². The third-order valence-electron chi connectivity index (χ3n) is 1.53. The Bertz CT molecular complexity index is 296. The minimum absolute atomic E-state index is 1.03. The lowest BCUT2D eigenvalue weighted by Gasteiger charge is -1.98. The fourth-order valence-electron chi connectivity index (χ4n) is 0.961. The van der Waals surface area contributed by atoms with Crippen LogP contribution in [0.2, 0.25) is 0 Å². The molecule has 0 heterocycles. The van der Waals surface area contributed by atoms with Crippen molar-refractivity contribution in [3.8, 4) is 0 Å². The lowest BCUT2D eigenvalue weighted by Crippen LogP contribution is -1.81. The van der Waals surface area contributed by atoms with Gasteiger partial charge in [-0.05, 0) is 11.1 Å². The maximum Gasteiger partial charge on any atom is 0.00921 e. The van der Waals surface area contributed by atoms with Crippen molar-refractivity contribution in [1.29, 1.82) is 0 Å². The van der Waals surface area contributed by atoms with E-state index in [0.29, 0.717) is 0 Å². The summed E-state index contributed by atoms with van der Waals surface area (Å²) in [5, 5.41) is 1.66. The molecule has 0 spiro atoms. The van der Waals surface area contributed by atoms with Crippen molar-refractivity contribution in [2.45, 2.75) is 0 Å². The van der Waals surface area contributed by atoms with Crippen molar-refractivity contribution in [3.63, 3.8) is 0 Å². The van der Waals surface area contributed by atoms with Crippen LogP contribution in [0.4, 0.5) is 0 Å². The average Bonchev–Trinajstić information content (AvgIpc) is 2.15. The smallest absolute Gasteiger partial charge is 0.00921 e. The third kappa shape index (κ3) is 2.14. The molecule has 1 aromatic carbocycles. The van der Waals surface area contributed by atoms with E-state index in [0.717, 1.165) is 11.1 Å². The molecule has 0 unspecified atom stereocenters. The van der Waals surface area contributed by atoms with Gasteiger partial charge in [0.1, 0.15) is 0 Å². The molecule has 0 radical (unpaired) electrons. The maximum absolute atomic E-state index is 4.88. The lowest BCUT2D eigenvalue weighted by atomic mass is 10.1. The van der Waals surface area contributed by atoms with Gasteiger partial charge in [0.15, 0.2) is 0 Å². The molecule has 0 aliphatic carbocycles. The van der Waals surface area contributed by atoms with E-state index in [9.17, 15) is 0 Å². The normalized spacial score (nSPS) is 10.8. The van der Waals surface area contributed by atoms with Crippen LogP contribution in [0.5, 0.6) is 0 Å². The average molecular weight is 174 g/mol. The van der Waals surface area contributed by atoms with Gasteiger partial charge >= 0.3 is 0 Å². The Hall–Kier alpha value is -1.21. The summed E-state index contributed by atoms with van der Waals surface area (Å²) >= 11 is 4.88. The minimum atomic E-state index is 1.03. The molecule has 0 bridgehead atoms. The molecule has 0 N–H and O–H groups in total. The second kappa shape index (κ2) is 4.62. The molecule has 0 fully saturated rings. The zero-order valence-corrected chi connectivity index (χ0v) is 7.55. The van der Waals surface area contributed by atoms with Crippen molar-refractivity contribution >= 4 is 23.2 Å². The van der Waals surface area contributed by atoms with Gasteiger partial charge in [-0.25, -0.2) is 0 Å². The van der Waals surface area contributed by atoms with Crippen molar-refractivity contribution in [2.24, 2.45) is 0 Å². The van der Waals surface area contributed by atoms with Crippen LogP contribution in [-0.2, 0) is 0 Å². The standard InChI is InChI=1S/C11H10S/c1-2-6-11(9-12)10-7-4-3-5-8-10/h2-9H,1H2/b11-6+. The molecule has 0 nitrogen and oxygen atoms in total. The van der Waals surface area contributed by atoms with Crippen LogP contribution in [0, 0.1) is 0 Å². The van der Waals surface area contributed by atoms with E-state index in [-0.39, 0.29) is 0 Å². The molecule has 0 amide bonds. The summed E-state index contributed by atoms with van der Waals surface area (Å²) in [5.41, 5.74) is 2.16. The number of thiocarbonyl (C=S) groups is 1. The summed E-state index contributed by atoms with van der Waals surface area (Å²) in [4.78, 5) is 0. The van der Waals surface area contributed by atoms with Crippen LogP contribution in [-0.4, -0.2) is 5.37 Å². The summed E-state index contributed by atoms with van der Waals surface area (Å²) in [5.74, 6) is 0. The maximum atomic E-state index is 4.88. The van der Waals surface area contributed by atoms with Crippen molar-refractivity contribution < 1.29 is 0 Å². The second-order valence-corrected chi connectivity index (χ2v) is 2.58. The van der Waals surface area contributed by atoms with Crippen molar-refractivity contribution in [2.75, 3.05) is 0 Å². The Labute approximate surface area is 78.2 Å². The van der Waals surface area contributed by atoms with E-state index in [1.165, 1.54) is 0 Å². The number of hydrogen-bond acceptors (Lipinski definition) is 1. The minimum Gasteiger partial charge on any atom is -0.0990 e. The Kier molecular flexibility index (Phi) is 3.42. The lowest BCUT2D eigenvalue weighted by molar-refractivity contribution is 1.65. The summed E-state index contributed by atoms with van der Waals surface area (Å²) in [7, 11) is 0. The van der Waals surface area contributed by atoms with E-state index in [1.54, 1.807) is 11.4 Å². The second-order valence-electron chi connectivity index (χ2n) is 2.34. The van der Waals surface area contributed by atoms with Crippen LogP contribution in [0.25, 0.3) is 5.57 Å². The fraction of sp³-hybridized carbons (Fsp3) is 0. The molecular weight excluding hydrogens is 164 g/mol. The quantitative estimate of drug-likeness (QED) is 0.385. The highest BCUT2D eigenvalue weighted by atomic mass is 32.1. The Morgan fingerprint density at radius 3 is 2.42 bits per heavy atom. The third-order valence-corrected chi connectivity index (χ3v) is 1.79. The summed E-state index contributed by atoms with van der Waals surface area (Å²) < 4.78 is 0. The van der Waals surface area contributed by atoms with E-state index in [4.69, 9.17) is 12.2 Å². The summed E-state index contributed by atoms with van der Waals surface area (Å²) in [6, 6.07) is 10.0. The zero-order valence-electron chi connectivity index (χ0n) is 6.73. The molecule has 1 rings (SSSR count). The summed E-state index contributed by atoms with van der Waals surface area (Å²) in [6.45, 7) is 3.63. The number of benzene rings is 1. The largest absolute Gasteiger partial charge is 0.0990 e. The van der Waals surface area contributed by atoms with Crippen LogP contribution in [0.15, 0.2) is 49.1 Å². The van der Waals surface area contributed by atoms with E-state index < -0.39 is 0 Å². The highest BCUT2D eigenvalue weighted by molar-refractivity contribution is 7.79. The predicted octanol–water partition coefficient (Wildman–Crippen LogP) is 3.26. The Morgan fingerprint density at radius 1 is 1.25 bits per heavy atom. The molecule has 0 saturated carbocycles. The number of hydrogen-bond donors (Lipinski definition) is 0. The first kappa shape index (κ1) is 8.88. The molecule has 1 aromatic rings. The van der Waals surface area contributed by atoms with E-state index >= 15 is 0 Å². The zero-order chi connectivity index (χ0) is 8.81. The number of allylic oxidation sites excluding steroid dienone is 3. The molecule has 0 aliphatic rings. The van der Waals surface area contributed by atoms with Gasteiger partial charge in [-0.15, -0.1) is 0 Å². The van der Waals surface area contributed by atoms with Gasteiger partial charge in [-0.1, -0.05) is 61.3 Å². The molecular formula is C11H10S. The van der Waals surface area contributed by atoms with Crippen molar-refractivity contribution in [1.82, 2.24) is 0 Å². The van der Waals surface area contributed by atoms with Gasteiger partial charge in [-0.2, -0.15) is 0 Å². The Morgan fingerprint density at radius 2 is 1.92 bits per heavy atom. The van der Waals surface area contributed by atoms with Gasteiger partial charge in [0.05, 0.1) is 0 Å². The van der Waals surface area contributed by atoms with Gasteiger partial charge < -0.3 is 0 Å². The van der Waals surface area contributed by atoms with Gasteiger partial charge in [0.25, 0.3) is 0 Å². The fourth-order valence-corrected chi connectivity index (χ4v) is 1.18. The van der Waals surface area contributed by atoms with E-state index in [1.807, 2.05) is 36.4 Å². The van der Waals surface area contributed by atoms with Gasteiger partial charge in [0.2, 0.25) is 0 Å². The Balaban J connectivity index is 3.03.